The van der Waals surface area contributed by atoms with E-state index >= 15 is 0 Å². The lowest BCUT2D eigenvalue weighted by molar-refractivity contribution is -0.154. The summed E-state index contributed by atoms with van der Waals surface area (Å²) in [5, 5.41) is 11.8. The van der Waals surface area contributed by atoms with Crippen molar-refractivity contribution in [1.29, 1.82) is 0 Å². The number of cyclic esters (lactones) is 2. The number of hydrogen-bond donors (Lipinski definition) is 1. The third-order valence-corrected chi connectivity index (χ3v) is 10.9. The van der Waals surface area contributed by atoms with Crippen molar-refractivity contribution in [2.45, 2.75) is 29.2 Å². The van der Waals surface area contributed by atoms with Crippen LogP contribution in [0.15, 0.2) is 64.4 Å². The summed E-state index contributed by atoms with van der Waals surface area (Å²) >= 11 is 2.93. The van der Waals surface area contributed by atoms with Gasteiger partial charge < -0.3 is 9.84 Å². The lowest BCUT2D eigenvalue weighted by Crippen LogP contribution is -2.43. The van der Waals surface area contributed by atoms with Crippen molar-refractivity contribution >= 4 is 35.0 Å². The zero-order chi connectivity index (χ0) is 23.1. The summed E-state index contributed by atoms with van der Waals surface area (Å²) in [5.74, 6) is -1.49. The molecule has 3 heterocycles. The maximum Gasteiger partial charge on any atom is 0.317 e. The molecule has 2 saturated carbocycles. The smallest absolute Gasteiger partial charge is 0.317 e. The number of phenols is 1. The SMILES string of the molecule is O=C1OC(=O)[C@H]2[C@H]3C[C@H]([C@@H]12)[C@H]1[C@@H](c2ccccc2O)c2sc(=O)n(Cc4ccccc4)c2S[C@@H]31. The first-order valence-corrected chi connectivity index (χ1v) is 13.2. The van der Waals surface area contributed by atoms with Crippen LogP contribution in [0.2, 0.25) is 0 Å². The van der Waals surface area contributed by atoms with Crippen LogP contribution in [0, 0.1) is 29.6 Å². The van der Waals surface area contributed by atoms with Gasteiger partial charge >= 0.3 is 16.8 Å². The first-order chi connectivity index (χ1) is 16.5. The Morgan fingerprint density at radius 2 is 1.65 bits per heavy atom. The molecule has 0 radical (unpaired) electrons. The second kappa shape index (κ2) is 7.33. The number of phenolic OH excluding ortho intramolecular Hbond substituents is 1. The van der Waals surface area contributed by atoms with Crippen LogP contribution in [0.25, 0.3) is 0 Å². The maximum atomic E-state index is 13.2. The summed E-state index contributed by atoms with van der Waals surface area (Å²) in [6.45, 7) is 0.476. The first kappa shape index (κ1) is 20.5. The Morgan fingerprint density at radius 3 is 2.41 bits per heavy atom. The van der Waals surface area contributed by atoms with Gasteiger partial charge in [0.15, 0.2) is 0 Å². The van der Waals surface area contributed by atoms with Crippen LogP contribution in [0.3, 0.4) is 0 Å². The van der Waals surface area contributed by atoms with Crippen molar-refractivity contribution < 1.29 is 19.4 Å². The van der Waals surface area contributed by atoms with Gasteiger partial charge in [0.25, 0.3) is 0 Å². The highest BCUT2D eigenvalue weighted by atomic mass is 32.2. The largest absolute Gasteiger partial charge is 0.508 e. The van der Waals surface area contributed by atoms with E-state index in [9.17, 15) is 19.5 Å². The zero-order valence-corrected chi connectivity index (χ0v) is 19.6. The molecule has 6 nitrogen and oxygen atoms in total. The molecular formula is C26H21NO5S2. The van der Waals surface area contributed by atoms with Crippen LogP contribution in [-0.4, -0.2) is 26.9 Å². The maximum absolute atomic E-state index is 13.2. The topological polar surface area (TPSA) is 85.6 Å². The van der Waals surface area contributed by atoms with Crippen molar-refractivity contribution in [3.8, 4) is 5.75 Å². The van der Waals surface area contributed by atoms with E-state index < -0.39 is 17.9 Å². The molecule has 1 saturated heterocycles. The lowest BCUT2D eigenvalue weighted by atomic mass is 9.68. The second-order valence-electron chi connectivity index (χ2n) is 9.66. The van der Waals surface area contributed by atoms with Crippen LogP contribution in [-0.2, 0) is 20.9 Å². The predicted octanol–water partition coefficient (Wildman–Crippen LogP) is 3.85. The number of carbonyl (C=O) groups excluding carboxylic acids is 2. The van der Waals surface area contributed by atoms with Crippen LogP contribution < -0.4 is 4.87 Å². The van der Waals surface area contributed by atoms with Crippen LogP contribution in [0.4, 0.5) is 0 Å². The molecule has 7 rings (SSSR count). The Labute approximate surface area is 203 Å². The number of hydrogen-bond acceptors (Lipinski definition) is 7. The fourth-order valence-corrected chi connectivity index (χ4v) is 10.1. The number of aromatic hydroxyl groups is 1. The number of nitrogens with zero attached hydrogens (tertiary/aromatic N) is 1. The molecule has 2 aliphatic carbocycles. The zero-order valence-electron chi connectivity index (χ0n) is 18.0. The number of esters is 2. The fourth-order valence-electron chi connectivity index (χ4n) is 6.92. The highest BCUT2D eigenvalue weighted by Gasteiger charge is 2.69. The van der Waals surface area contributed by atoms with Gasteiger partial charge in [-0.15, -0.1) is 11.8 Å². The van der Waals surface area contributed by atoms with E-state index in [-0.39, 0.29) is 45.5 Å². The van der Waals surface area contributed by atoms with E-state index in [4.69, 9.17) is 4.74 Å². The van der Waals surface area contributed by atoms with Crippen molar-refractivity contribution in [2.75, 3.05) is 0 Å². The average molecular weight is 492 g/mol. The minimum atomic E-state index is -0.405. The third kappa shape index (κ3) is 2.72. The highest BCUT2D eigenvalue weighted by Crippen LogP contribution is 2.68. The molecule has 34 heavy (non-hydrogen) atoms. The molecule has 3 fully saturated rings. The molecule has 0 spiro atoms. The summed E-state index contributed by atoms with van der Waals surface area (Å²) in [7, 11) is 0. The number of aromatic nitrogens is 1. The molecule has 2 aliphatic heterocycles. The minimum Gasteiger partial charge on any atom is -0.508 e. The van der Waals surface area contributed by atoms with E-state index in [1.54, 1.807) is 23.9 Å². The number of fused-ring (bicyclic) bond motifs is 9. The summed E-state index contributed by atoms with van der Waals surface area (Å²) in [6.07, 6.45) is 0.806. The molecule has 7 atom stereocenters. The molecule has 4 aliphatic rings. The molecule has 172 valence electrons. The van der Waals surface area contributed by atoms with Crippen LogP contribution >= 0.6 is 23.1 Å². The third-order valence-electron chi connectivity index (χ3n) is 8.14. The number of para-hydroxylation sites is 1. The van der Waals surface area contributed by atoms with Gasteiger partial charge in [-0.25, -0.2) is 0 Å². The van der Waals surface area contributed by atoms with Gasteiger partial charge in [0, 0.05) is 21.6 Å². The Bertz CT molecular complexity index is 1400. The summed E-state index contributed by atoms with van der Waals surface area (Å²) in [5.41, 5.74) is 1.83. The summed E-state index contributed by atoms with van der Waals surface area (Å²) < 4.78 is 6.91. The number of thiazole rings is 1. The van der Waals surface area contributed by atoms with Crippen LogP contribution in [0.1, 0.15) is 28.3 Å². The van der Waals surface area contributed by atoms with E-state index in [0.29, 0.717) is 6.54 Å². The number of rotatable bonds is 3. The van der Waals surface area contributed by atoms with Crippen molar-refractivity contribution in [3.63, 3.8) is 0 Å². The van der Waals surface area contributed by atoms with Gasteiger partial charge in [-0.2, -0.15) is 0 Å². The molecule has 0 unspecified atom stereocenters. The number of thioether (sulfide) groups is 1. The normalized spacial score (nSPS) is 32.9. The molecule has 2 aromatic carbocycles. The monoisotopic (exact) mass is 491 g/mol. The van der Waals surface area contributed by atoms with Crippen molar-refractivity contribution in [3.05, 3.63) is 80.3 Å². The molecule has 8 heteroatoms. The standard InChI is InChI=1S/C26H21NO5S2/c28-16-9-5-4-8-13(16)17-18-14-10-15(20-19(14)24(29)32-25(20)30)21(18)33-23-22(17)34-26(31)27(23)11-12-6-2-1-3-7-12/h1-9,14-15,17-21,28H,10-11H2/t14-,15+,17+,18-,19+,20-,21-/m0/s1. The van der Waals surface area contributed by atoms with Crippen LogP contribution in [0.5, 0.6) is 5.75 Å². The average Bonchev–Trinajstić information content (AvgIpc) is 3.55. The number of ether oxygens (including phenoxy) is 1. The predicted molar refractivity (Wildman–Crippen MR) is 127 cm³/mol. The van der Waals surface area contributed by atoms with Gasteiger partial charge in [0.1, 0.15) is 5.75 Å². The van der Waals surface area contributed by atoms with Crippen molar-refractivity contribution in [2.24, 2.45) is 29.6 Å². The number of benzene rings is 2. The second-order valence-corrected chi connectivity index (χ2v) is 11.8. The van der Waals surface area contributed by atoms with E-state index in [1.807, 2.05) is 47.0 Å². The summed E-state index contributed by atoms with van der Waals surface area (Å²) in [6, 6.07) is 17.2. The molecule has 1 aromatic heterocycles. The lowest BCUT2D eigenvalue weighted by Gasteiger charge is -2.43. The van der Waals surface area contributed by atoms with Gasteiger partial charge in [-0.1, -0.05) is 59.9 Å². The molecule has 0 amide bonds. The molecule has 2 bridgehead atoms. The number of carbonyl (C=O) groups is 2. The van der Waals surface area contributed by atoms with E-state index in [2.05, 4.69) is 0 Å². The summed E-state index contributed by atoms with van der Waals surface area (Å²) in [4.78, 5) is 39.3. The van der Waals surface area contributed by atoms with Gasteiger partial charge in [-0.05, 0) is 35.8 Å². The van der Waals surface area contributed by atoms with Gasteiger partial charge in [0.05, 0.1) is 23.4 Å². The Hall–Kier alpha value is -2.84. The van der Waals surface area contributed by atoms with Crippen molar-refractivity contribution in [1.82, 2.24) is 4.57 Å². The highest BCUT2D eigenvalue weighted by molar-refractivity contribution is 8.00. The first-order valence-electron chi connectivity index (χ1n) is 11.5. The Balaban J connectivity index is 1.40. The van der Waals surface area contributed by atoms with E-state index in [1.165, 1.54) is 11.3 Å². The Morgan fingerprint density at radius 1 is 0.941 bits per heavy atom. The van der Waals surface area contributed by atoms with E-state index in [0.717, 1.165) is 27.5 Å². The Kier molecular flexibility index (Phi) is 4.42. The fraction of sp³-hybridized carbons (Fsp3) is 0.346. The quantitative estimate of drug-likeness (QED) is 0.443. The molecule has 1 N–H and O–H groups in total. The molecule has 3 aromatic rings. The van der Waals surface area contributed by atoms with Gasteiger partial charge in [-0.3, -0.25) is 19.0 Å². The van der Waals surface area contributed by atoms with Gasteiger partial charge in [0.2, 0.25) is 0 Å². The molecular weight excluding hydrogens is 470 g/mol. The minimum absolute atomic E-state index is 0.00369.